The summed E-state index contributed by atoms with van der Waals surface area (Å²) in [4.78, 5) is 14.1. The largest absolute Gasteiger partial charge is 0.494 e. The summed E-state index contributed by atoms with van der Waals surface area (Å²) >= 11 is 0. The van der Waals surface area contributed by atoms with E-state index in [4.69, 9.17) is 4.74 Å². The van der Waals surface area contributed by atoms with Gasteiger partial charge in [-0.15, -0.1) is 0 Å². The lowest BCUT2D eigenvalue weighted by Crippen LogP contribution is -2.33. The number of hydrogen-bond acceptors (Lipinski definition) is 4. The molecular formula is C19H21FN2O3. The van der Waals surface area contributed by atoms with E-state index < -0.39 is 11.9 Å². The van der Waals surface area contributed by atoms with Gasteiger partial charge in [0.2, 0.25) is 5.91 Å². The molecule has 1 heterocycles. The summed E-state index contributed by atoms with van der Waals surface area (Å²) in [5.74, 6) is 0.0611. The van der Waals surface area contributed by atoms with E-state index in [0.29, 0.717) is 36.6 Å². The van der Waals surface area contributed by atoms with Crippen LogP contribution >= 0.6 is 0 Å². The lowest BCUT2D eigenvalue weighted by Gasteiger charge is -2.19. The van der Waals surface area contributed by atoms with Gasteiger partial charge in [0.25, 0.3) is 0 Å². The van der Waals surface area contributed by atoms with Crippen LogP contribution in [0.3, 0.4) is 0 Å². The number of carbonyl (C=O) groups is 1. The molecule has 2 aromatic rings. The summed E-state index contributed by atoms with van der Waals surface area (Å²) < 4.78 is 19.4. The van der Waals surface area contributed by atoms with E-state index in [-0.39, 0.29) is 12.5 Å². The van der Waals surface area contributed by atoms with E-state index >= 15 is 0 Å². The number of para-hydroxylation sites is 1. The summed E-state index contributed by atoms with van der Waals surface area (Å²) in [6, 6.07) is 11.2. The summed E-state index contributed by atoms with van der Waals surface area (Å²) in [5, 5.41) is 12.7. The van der Waals surface area contributed by atoms with Gasteiger partial charge in [-0.1, -0.05) is 12.1 Å². The molecule has 1 fully saturated rings. The molecule has 25 heavy (non-hydrogen) atoms. The van der Waals surface area contributed by atoms with Crippen molar-refractivity contribution in [3.63, 3.8) is 0 Å². The summed E-state index contributed by atoms with van der Waals surface area (Å²) in [6.07, 6.45) is 0.578. The van der Waals surface area contributed by atoms with Crippen molar-refractivity contribution in [1.29, 1.82) is 0 Å². The van der Waals surface area contributed by atoms with Crippen LogP contribution < -0.4 is 15.0 Å². The second-order valence-corrected chi connectivity index (χ2v) is 5.84. The number of aliphatic hydroxyl groups excluding tert-OH is 1. The maximum atomic E-state index is 13.9. The van der Waals surface area contributed by atoms with Gasteiger partial charge in [0, 0.05) is 17.8 Å². The van der Waals surface area contributed by atoms with Gasteiger partial charge in [0.05, 0.1) is 18.9 Å². The normalized spacial score (nSPS) is 17.0. The lowest BCUT2D eigenvalue weighted by molar-refractivity contribution is -0.117. The van der Waals surface area contributed by atoms with Crippen molar-refractivity contribution in [2.24, 2.45) is 0 Å². The molecule has 0 bridgehead atoms. The SMILES string of the molecule is CCOc1ccc(N[C@@H]2CCN(c3ccccc3F)C2=O)cc1CO. The Hall–Kier alpha value is -2.60. The average molecular weight is 344 g/mol. The summed E-state index contributed by atoms with van der Waals surface area (Å²) in [5.41, 5.74) is 1.68. The predicted octanol–water partition coefficient (Wildman–Crippen LogP) is 2.93. The Balaban J connectivity index is 1.74. The Morgan fingerprint density at radius 2 is 2.12 bits per heavy atom. The Bertz CT molecular complexity index is 766. The van der Waals surface area contributed by atoms with Gasteiger partial charge < -0.3 is 20.1 Å². The Morgan fingerprint density at radius 1 is 1.32 bits per heavy atom. The molecule has 1 amide bonds. The molecule has 1 saturated heterocycles. The molecule has 0 aromatic heterocycles. The van der Waals surface area contributed by atoms with Crippen LogP contribution in [-0.2, 0) is 11.4 Å². The van der Waals surface area contributed by atoms with Crippen LogP contribution in [0.5, 0.6) is 5.75 Å². The zero-order chi connectivity index (χ0) is 17.8. The van der Waals surface area contributed by atoms with Crippen LogP contribution in [0.1, 0.15) is 18.9 Å². The Labute approximate surface area is 146 Å². The number of anilines is 2. The minimum Gasteiger partial charge on any atom is -0.494 e. The van der Waals surface area contributed by atoms with E-state index in [1.54, 1.807) is 30.3 Å². The van der Waals surface area contributed by atoms with Crippen LogP contribution in [0, 0.1) is 5.82 Å². The molecule has 3 rings (SSSR count). The van der Waals surface area contributed by atoms with Crippen LogP contribution in [0.4, 0.5) is 15.8 Å². The van der Waals surface area contributed by atoms with Gasteiger partial charge in [-0.25, -0.2) is 4.39 Å². The molecule has 0 aliphatic carbocycles. The molecule has 0 spiro atoms. The van der Waals surface area contributed by atoms with Crippen molar-refractivity contribution in [3.05, 3.63) is 53.8 Å². The molecule has 0 saturated carbocycles. The number of benzene rings is 2. The first-order valence-corrected chi connectivity index (χ1v) is 8.33. The highest BCUT2D eigenvalue weighted by Crippen LogP contribution is 2.28. The molecule has 1 atom stereocenters. The van der Waals surface area contributed by atoms with Gasteiger partial charge in [-0.3, -0.25) is 4.79 Å². The monoisotopic (exact) mass is 344 g/mol. The van der Waals surface area contributed by atoms with Crippen molar-refractivity contribution in [1.82, 2.24) is 0 Å². The lowest BCUT2D eigenvalue weighted by atomic mass is 10.1. The first-order chi connectivity index (χ1) is 12.1. The maximum Gasteiger partial charge on any atom is 0.249 e. The third kappa shape index (κ3) is 3.58. The Morgan fingerprint density at radius 3 is 2.84 bits per heavy atom. The minimum absolute atomic E-state index is 0.148. The van der Waals surface area contributed by atoms with E-state index in [9.17, 15) is 14.3 Å². The molecule has 0 unspecified atom stereocenters. The first-order valence-electron chi connectivity index (χ1n) is 8.33. The van der Waals surface area contributed by atoms with Crippen molar-refractivity contribution < 1.29 is 19.0 Å². The smallest absolute Gasteiger partial charge is 0.249 e. The number of nitrogens with zero attached hydrogens (tertiary/aromatic N) is 1. The fourth-order valence-corrected chi connectivity index (χ4v) is 3.01. The number of amides is 1. The number of carbonyl (C=O) groups excluding carboxylic acids is 1. The fraction of sp³-hybridized carbons (Fsp3) is 0.316. The molecule has 2 N–H and O–H groups in total. The molecule has 1 aliphatic rings. The minimum atomic E-state index is -0.427. The van der Waals surface area contributed by atoms with Crippen LogP contribution in [-0.4, -0.2) is 30.2 Å². The molecule has 2 aromatic carbocycles. The first kappa shape index (κ1) is 17.2. The highest BCUT2D eigenvalue weighted by molar-refractivity contribution is 6.01. The van der Waals surface area contributed by atoms with Crippen LogP contribution in [0.2, 0.25) is 0 Å². The fourth-order valence-electron chi connectivity index (χ4n) is 3.01. The van der Waals surface area contributed by atoms with Gasteiger partial charge in [0.15, 0.2) is 0 Å². The van der Waals surface area contributed by atoms with Gasteiger partial charge >= 0.3 is 0 Å². The quantitative estimate of drug-likeness (QED) is 0.846. The average Bonchev–Trinajstić information content (AvgIpc) is 2.97. The molecule has 0 radical (unpaired) electrons. The number of hydrogen-bond donors (Lipinski definition) is 2. The van der Waals surface area contributed by atoms with Crippen molar-refractivity contribution in [2.45, 2.75) is 26.0 Å². The molecule has 5 nitrogen and oxygen atoms in total. The molecule has 6 heteroatoms. The number of nitrogens with one attached hydrogen (secondary N) is 1. The third-order valence-electron chi connectivity index (χ3n) is 4.22. The topological polar surface area (TPSA) is 61.8 Å². The van der Waals surface area contributed by atoms with E-state index in [2.05, 4.69) is 5.32 Å². The second-order valence-electron chi connectivity index (χ2n) is 5.84. The summed E-state index contributed by atoms with van der Waals surface area (Å²) in [6.45, 7) is 2.70. The zero-order valence-corrected chi connectivity index (χ0v) is 14.0. The molecule has 1 aliphatic heterocycles. The van der Waals surface area contributed by atoms with Crippen molar-refractivity contribution in [3.8, 4) is 5.75 Å². The highest BCUT2D eigenvalue weighted by Gasteiger charge is 2.33. The molecular weight excluding hydrogens is 323 g/mol. The number of halogens is 1. The number of ether oxygens (including phenoxy) is 1. The van der Waals surface area contributed by atoms with Gasteiger partial charge in [-0.05, 0) is 43.7 Å². The van der Waals surface area contributed by atoms with Crippen molar-refractivity contribution >= 4 is 17.3 Å². The van der Waals surface area contributed by atoms with E-state index in [1.807, 2.05) is 13.0 Å². The van der Waals surface area contributed by atoms with E-state index in [0.717, 1.165) is 5.69 Å². The van der Waals surface area contributed by atoms with Crippen molar-refractivity contribution in [2.75, 3.05) is 23.4 Å². The van der Waals surface area contributed by atoms with Gasteiger partial charge in [0.1, 0.15) is 17.6 Å². The molecule has 132 valence electrons. The highest BCUT2D eigenvalue weighted by atomic mass is 19.1. The van der Waals surface area contributed by atoms with Crippen LogP contribution in [0.15, 0.2) is 42.5 Å². The Kier molecular flexibility index (Phi) is 5.19. The third-order valence-corrected chi connectivity index (χ3v) is 4.22. The second kappa shape index (κ2) is 7.53. The van der Waals surface area contributed by atoms with Gasteiger partial charge in [-0.2, -0.15) is 0 Å². The zero-order valence-electron chi connectivity index (χ0n) is 14.0. The van der Waals surface area contributed by atoms with E-state index in [1.165, 1.54) is 11.0 Å². The standard InChI is InChI=1S/C19H21FN2O3/c1-2-25-18-8-7-14(11-13(18)12-23)21-16-9-10-22(19(16)24)17-6-4-3-5-15(17)20/h3-8,11,16,21,23H,2,9-10,12H2,1H3/t16-/m1/s1. The maximum absolute atomic E-state index is 13.9. The number of aliphatic hydroxyl groups is 1. The predicted molar refractivity (Wildman–Crippen MR) is 94.3 cm³/mol. The summed E-state index contributed by atoms with van der Waals surface area (Å²) in [7, 11) is 0. The van der Waals surface area contributed by atoms with Crippen LogP contribution in [0.25, 0.3) is 0 Å². The number of rotatable bonds is 6.